The smallest absolute Gasteiger partial charge is 0.341 e. The molecule has 7 rings (SSSR count). The van der Waals surface area contributed by atoms with Crippen LogP contribution in [0.25, 0.3) is 5.52 Å². The number of nitrogens with zero attached hydrogens (tertiary/aromatic N) is 1. The van der Waals surface area contributed by atoms with E-state index in [0.717, 1.165) is 44.9 Å². The first-order valence-corrected chi connectivity index (χ1v) is 16.6. The molecule has 0 amide bonds. The van der Waals surface area contributed by atoms with Gasteiger partial charge in [-0.1, -0.05) is 55.8 Å². The van der Waals surface area contributed by atoms with E-state index in [1.54, 1.807) is 40.9 Å². The third-order valence-corrected chi connectivity index (χ3v) is 12.0. The summed E-state index contributed by atoms with van der Waals surface area (Å²) in [4.78, 5) is 53.6. The highest BCUT2D eigenvalue weighted by Crippen LogP contribution is 2.65. The number of rotatable bonds is 6. The average molecular weight is 636 g/mol. The van der Waals surface area contributed by atoms with Crippen LogP contribution in [-0.4, -0.2) is 48.4 Å². The van der Waals surface area contributed by atoms with Gasteiger partial charge in [0.25, 0.3) is 0 Å². The fourth-order valence-electron chi connectivity index (χ4n) is 9.61. The Balaban J connectivity index is 1.16. The summed E-state index contributed by atoms with van der Waals surface area (Å²) >= 11 is 0. The van der Waals surface area contributed by atoms with Gasteiger partial charge in [-0.15, -0.1) is 0 Å². The lowest BCUT2D eigenvalue weighted by molar-refractivity contribution is -0.0348. The summed E-state index contributed by atoms with van der Waals surface area (Å²) in [5.41, 5.74) is 2.89. The van der Waals surface area contributed by atoms with Crippen LogP contribution in [-0.2, 0) is 14.2 Å². The standard InChI is InChI=1S/C39H41NO7/c1-38-19-17-25(47-35(42)23-10-6-5-7-11-23)22-24(38)13-14-26-27-15-16-29(39(27,2)20-18-28(26)38)34(41)33-32(37(44)46-4)31(36(43)45-3)30-12-8-9-21-40(30)33/h5-13,16,21,25-28H,14-15,17-20,22H2,1-4H3/t25-,26?,27?,28?,38-,39-/m0/s1. The highest BCUT2D eigenvalue weighted by atomic mass is 16.5. The fourth-order valence-corrected chi connectivity index (χ4v) is 9.61. The number of ether oxygens (including phenoxy) is 3. The van der Waals surface area contributed by atoms with E-state index in [4.69, 9.17) is 14.2 Å². The molecule has 8 heteroatoms. The Hall–Kier alpha value is -4.46. The van der Waals surface area contributed by atoms with Gasteiger partial charge in [-0.05, 0) is 91.4 Å². The normalized spacial score (nSPS) is 29.4. The van der Waals surface area contributed by atoms with Crippen LogP contribution in [0.3, 0.4) is 0 Å². The first-order valence-electron chi connectivity index (χ1n) is 16.6. The predicted molar refractivity (Wildman–Crippen MR) is 175 cm³/mol. The fraction of sp³-hybridized carbons (Fsp3) is 0.436. The topological polar surface area (TPSA) is 100 Å². The summed E-state index contributed by atoms with van der Waals surface area (Å²) in [5.74, 6) is -0.797. The number of allylic oxidation sites excluding steroid dienone is 3. The quantitative estimate of drug-likeness (QED) is 0.120. The van der Waals surface area contributed by atoms with Gasteiger partial charge in [-0.25, -0.2) is 14.4 Å². The molecule has 0 spiro atoms. The number of ketones is 1. The molecule has 2 heterocycles. The first-order chi connectivity index (χ1) is 22.6. The number of hydrogen-bond acceptors (Lipinski definition) is 7. The SMILES string of the molecule is COC(=O)c1c(C(=O)OC)c2ccccn2c1C(=O)C1=CCC2C3CC=C4C[C@@H](OC(=O)c5ccccc5)CC[C@]4(C)C3CC[C@]12C. The molecule has 2 fully saturated rings. The zero-order valence-electron chi connectivity index (χ0n) is 27.4. The monoisotopic (exact) mass is 635 g/mol. The summed E-state index contributed by atoms with van der Waals surface area (Å²) in [6, 6.07) is 14.4. The number of pyridine rings is 1. The summed E-state index contributed by atoms with van der Waals surface area (Å²) < 4.78 is 17.8. The van der Waals surface area contributed by atoms with Crippen LogP contribution in [0, 0.1) is 28.6 Å². The van der Waals surface area contributed by atoms with Crippen molar-refractivity contribution in [1.82, 2.24) is 4.40 Å². The minimum atomic E-state index is -0.746. The number of Topliss-reactive ketones (excluding diaryl/α,β-unsaturated/α-hetero) is 1. The number of fused-ring (bicyclic) bond motifs is 6. The van der Waals surface area contributed by atoms with E-state index in [1.807, 2.05) is 18.2 Å². The Morgan fingerprint density at radius 3 is 2.21 bits per heavy atom. The number of esters is 3. The maximum Gasteiger partial charge on any atom is 0.341 e. The molecule has 3 unspecified atom stereocenters. The molecule has 0 aliphatic heterocycles. The number of carbonyl (C=O) groups excluding carboxylic acids is 4. The van der Waals surface area contributed by atoms with Gasteiger partial charge in [0, 0.05) is 18.2 Å². The van der Waals surface area contributed by atoms with Gasteiger partial charge in [-0.2, -0.15) is 0 Å². The van der Waals surface area contributed by atoms with Crippen LogP contribution < -0.4 is 0 Å². The van der Waals surface area contributed by atoms with Crippen molar-refractivity contribution in [3.8, 4) is 0 Å². The van der Waals surface area contributed by atoms with Gasteiger partial charge in [0.15, 0.2) is 0 Å². The zero-order chi connectivity index (χ0) is 33.1. The second kappa shape index (κ2) is 11.7. The van der Waals surface area contributed by atoms with Crippen LogP contribution >= 0.6 is 0 Å². The van der Waals surface area contributed by atoms with Crippen LogP contribution in [0.4, 0.5) is 0 Å². The van der Waals surface area contributed by atoms with Gasteiger partial charge < -0.3 is 18.6 Å². The van der Waals surface area contributed by atoms with Crippen LogP contribution in [0.15, 0.2) is 78.0 Å². The van der Waals surface area contributed by atoms with Crippen molar-refractivity contribution in [2.24, 2.45) is 28.6 Å². The average Bonchev–Trinajstić information content (AvgIpc) is 3.63. The zero-order valence-corrected chi connectivity index (χ0v) is 27.4. The first kappa shape index (κ1) is 31.2. The lowest BCUT2D eigenvalue weighted by atomic mass is 9.47. The Morgan fingerprint density at radius 1 is 0.766 bits per heavy atom. The molecule has 0 saturated heterocycles. The van der Waals surface area contributed by atoms with Crippen molar-refractivity contribution in [3.05, 3.63) is 100 Å². The van der Waals surface area contributed by atoms with Crippen molar-refractivity contribution in [3.63, 3.8) is 0 Å². The molecule has 3 aromatic rings. The molecule has 244 valence electrons. The second-order valence-corrected chi connectivity index (χ2v) is 14.1. The van der Waals surface area contributed by atoms with E-state index in [0.29, 0.717) is 28.5 Å². The Kier molecular flexibility index (Phi) is 7.72. The molecule has 47 heavy (non-hydrogen) atoms. The van der Waals surface area contributed by atoms with E-state index >= 15 is 0 Å². The number of methoxy groups -OCH3 is 2. The highest BCUT2D eigenvalue weighted by molar-refractivity contribution is 6.20. The molecule has 2 aromatic heterocycles. The number of carbonyl (C=O) groups is 4. The van der Waals surface area contributed by atoms with E-state index < -0.39 is 11.9 Å². The summed E-state index contributed by atoms with van der Waals surface area (Å²) in [6.07, 6.45) is 12.2. The number of benzene rings is 1. The Morgan fingerprint density at radius 2 is 1.47 bits per heavy atom. The Bertz CT molecular complexity index is 1850. The number of aromatic nitrogens is 1. The van der Waals surface area contributed by atoms with Gasteiger partial charge in [-0.3, -0.25) is 4.79 Å². The minimum Gasteiger partial charge on any atom is -0.465 e. The second-order valence-electron chi connectivity index (χ2n) is 14.1. The molecule has 8 nitrogen and oxygen atoms in total. The van der Waals surface area contributed by atoms with Crippen molar-refractivity contribution in [1.29, 1.82) is 0 Å². The summed E-state index contributed by atoms with van der Waals surface area (Å²) in [6.45, 7) is 4.60. The lowest BCUT2D eigenvalue weighted by Gasteiger charge is -2.57. The Labute approximate surface area is 274 Å². The van der Waals surface area contributed by atoms with Crippen LogP contribution in [0.5, 0.6) is 0 Å². The van der Waals surface area contributed by atoms with Gasteiger partial charge in [0.05, 0.1) is 25.3 Å². The van der Waals surface area contributed by atoms with Crippen molar-refractivity contribution in [2.45, 2.75) is 64.9 Å². The third-order valence-electron chi connectivity index (χ3n) is 12.0. The molecule has 4 aliphatic carbocycles. The summed E-state index contributed by atoms with van der Waals surface area (Å²) in [7, 11) is 2.51. The van der Waals surface area contributed by atoms with Crippen LogP contribution in [0.1, 0.15) is 100 Å². The van der Waals surface area contributed by atoms with Crippen molar-refractivity contribution in [2.75, 3.05) is 14.2 Å². The predicted octanol–water partition coefficient (Wildman–Crippen LogP) is 7.42. The maximum absolute atomic E-state index is 14.7. The minimum absolute atomic E-state index is 0.0257. The van der Waals surface area contributed by atoms with Gasteiger partial charge in [0.2, 0.25) is 5.78 Å². The maximum atomic E-state index is 14.7. The molecule has 2 saturated carbocycles. The van der Waals surface area contributed by atoms with Crippen molar-refractivity contribution < 1.29 is 33.4 Å². The molecule has 0 bridgehead atoms. The van der Waals surface area contributed by atoms with E-state index in [-0.39, 0.29) is 51.4 Å². The largest absolute Gasteiger partial charge is 0.465 e. The lowest BCUT2D eigenvalue weighted by Crippen LogP contribution is -2.50. The molecular weight excluding hydrogens is 594 g/mol. The molecule has 6 atom stereocenters. The third kappa shape index (κ3) is 4.78. The van der Waals surface area contributed by atoms with E-state index in [2.05, 4.69) is 26.0 Å². The molecule has 0 N–H and O–H groups in total. The number of hydrogen-bond donors (Lipinski definition) is 0. The van der Waals surface area contributed by atoms with Gasteiger partial charge >= 0.3 is 17.9 Å². The van der Waals surface area contributed by atoms with E-state index in [1.165, 1.54) is 19.8 Å². The highest BCUT2D eigenvalue weighted by Gasteiger charge is 2.58. The molecule has 4 aliphatic rings. The molecule has 1 aromatic carbocycles. The van der Waals surface area contributed by atoms with Gasteiger partial charge in [0.1, 0.15) is 22.9 Å². The van der Waals surface area contributed by atoms with E-state index in [9.17, 15) is 19.2 Å². The molecule has 0 radical (unpaired) electrons. The van der Waals surface area contributed by atoms with Crippen molar-refractivity contribution >= 4 is 29.2 Å². The summed E-state index contributed by atoms with van der Waals surface area (Å²) in [5, 5.41) is 0. The van der Waals surface area contributed by atoms with Crippen LogP contribution in [0.2, 0.25) is 0 Å². The molecular formula is C39H41NO7.